The number of nitrogens with zero attached hydrogens (tertiary/aromatic N) is 1. The lowest BCUT2D eigenvalue weighted by molar-refractivity contribution is -0.138. The van der Waals surface area contributed by atoms with E-state index in [9.17, 15) is 9.59 Å². The average molecular weight is 282 g/mol. The number of aryl methyl sites for hydroxylation is 1. The first-order chi connectivity index (χ1) is 8.97. The van der Waals surface area contributed by atoms with E-state index in [0.29, 0.717) is 23.7 Å². The van der Waals surface area contributed by atoms with Crippen LogP contribution < -0.4 is 0 Å². The van der Waals surface area contributed by atoms with Crippen LogP contribution in [0.4, 0.5) is 0 Å². The molecule has 102 valence electrons. The van der Waals surface area contributed by atoms with Gasteiger partial charge in [-0.1, -0.05) is 17.7 Å². The minimum atomic E-state index is -0.808. The van der Waals surface area contributed by atoms with Gasteiger partial charge < -0.3 is 10.0 Å². The standard InChI is InChI=1S/C14H16ClNO3/c1-9-2-3-11(7-12(9)15)14(19)16-5-4-10(8-16)6-13(17)18/h2-3,7,10H,4-6,8H2,1H3,(H,17,18). The molecule has 1 aromatic carbocycles. The van der Waals surface area contributed by atoms with E-state index >= 15 is 0 Å². The number of carboxylic acid groups (broad SMARTS) is 1. The molecule has 1 fully saturated rings. The van der Waals surface area contributed by atoms with E-state index in [1.807, 2.05) is 13.0 Å². The van der Waals surface area contributed by atoms with E-state index in [1.54, 1.807) is 17.0 Å². The molecule has 1 saturated heterocycles. The Kier molecular flexibility index (Phi) is 4.10. The highest BCUT2D eigenvalue weighted by atomic mass is 35.5. The molecule has 0 aromatic heterocycles. The minimum Gasteiger partial charge on any atom is -0.481 e. The zero-order valence-electron chi connectivity index (χ0n) is 10.7. The average Bonchev–Trinajstić information content (AvgIpc) is 2.79. The van der Waals surface area contributed by atoms with Crippen LogP contribution in [0, 0.1) is 12.8 Å². The number of amides is 1. The van der Waals surface area contributed by atoms with Crippen molar-refractivity contribution in [3.05, 3.63) is 34.3 Å². The summed E-state index contributed by atoms with van der Waals surface area (Å²) in [7, 11) is 0. The molecule has 0 aliphatic carbocycles. The topological polar surface area (TPSA) is 57.6 Å². The molecule has 4 nitrogen and oxygen atoms in total. The number of rotatable bonds is 3. The summed E-state index contributed by atoms with van der Waals surface area (Å²) in [6, 6.07) is 5.25. The quantitative estimate of drug-likeness (QED) is 0.926. The van der Waals surface area contributed by atoms with Gasteiger partial charge in [-0.3, -0.25) is 9.59 Å². The van der Waals surface area contributed by atoms with Crippen molar-refractivity contribution >= 4 is 23.5 Å². The van der Waals surface area contributed by atoms with Crippen LogP contribution in [0.1, 0.15) is 28.8 Å². The maximum atomic E-state index is 12.3. The number of hydrogen-bond acceptors (Lipinski definition) is 2. The molecular formula is C14H16ClNO3. The van der Waals surface area contributed by atoms with Gasteiger partial charge in [0.05, 0.1) is 0 Å². The summed E-state index contributed by atoms with van der Waals surface area (Å²) in [6.45, 7) is 3.01. The molecule has 5 heteroatoms. The molecule has 1 atom stereocenters. The third kappa shape index (κ3) is 3.26. The highest BCUT2D eigenvalue weighted by molar-refractivity contribution is 6.31. The lowest BCUT2D eigenvalue weighted by atomic mass is 10.1. The van der Waals surface area contributed by atoms with Crippen molar-refractivity contribution in [2.45, 2.75) is 19.8 Å². The Balaban J connectivity index is 2.04. The number of likely N-dealkylation sites (tertiary alicyclic amines) is 1. The van der Waals surface area contributed by atoms with Gasteiger partial charge in [-0.2, -0.15) is 0 Å². The molecule has 1 heterocycles. The van der Waals surface area contributed by atoms with E-state index in [0.717, 1.165) is 12.0 Å². The summed E-state index contributed by atoms with van der Waals surface area (Å²) in [5, 5.41) is 9.34. The minimum absolute atomic E-state index is 0.0578. The van der Waals surface area contributed by atoms with Crippen LogP contribution in [0.15, 0.2) is 18.2 Å². The molecule has 0 bridgehead atoms. The summed E-state index contributed by atoms with van der Waals surface area (Å²) in [4.78, 5) is 24.6. The Morgan fingerprint density at radius 2 is 2.21 bits per heavy atom. The van der Waals surface area contributed by atoms with Gasteiger partial charge in [-0.25, -0.2) is 0 Å². The molecule has 2 rings (SSSR count). The summed E-state index contributed by atoms with van der Waals surface area (Å²) in [5.74, 6) is -0.824. The predicted octanol–water partition coefficient (Wildman–Crippen LogP) is 2.59. The van der Waals surface area contributed by atoms with Crippen molar-refractivity contribution < 1.29 is 14.7 Å². The van der Waals surface area contributed by atoms with Gasteiger partial charge >= 0.3 is 5.97 Å². The third-order valence-electron chi connectivity index (χ3n) is 3.46. The Hall–Kier alpha value is -1.55. The van der Waals surface area contributed by atoms with Gasteiger partial charge in [-0.15, -0.1) is 0 Å². The molecule has 0 radical (unpaired) electrons. The fourth-order valence-corrected chi connectivity index (χ4v) is 2.52. The van der Waals surface area contributed by atoms with Crippen LogP contribution in [0.2, 0.25) is 5.02 Å². The lowest BCUT2D eigenvalue weighted by Crippen LogP contribution is -2.29. The molecule has 1 N–H and O–H groups in total. The summed E-state index contributed by atoms with van der Waals surface area (Å²) >= 11 is 6.01. The van der Waals surface area contributed by atoms with E-state index < -0.39 is 5.97 Å². The highest BCUT2D eigenvalue weighted by Gasteiger charge is 2.28. The number of halogens is 1. The maximum Gasteiger partial charge on any atom is 0.303 e. The van der Waals surface area contributed by atoms with Crippen molar-refractivity contribution in [1.29, 1.82) is 0 Å². The lowest BCUT2D eigenvalue weighted by Gasteiger charge is -2.16. The first-order valence-electron chi connectivity index (χ1n) is 6.24. The Bertz CT molecular complexity index is 515. The molecule has 19 heavy (non-hydrogen) atoms. The molecule has 1 aliphatic heterocycles. The predicted molar refractivity (Wildman–Crippen MR) is 72.5 cm³/mol. The summed E-state index contributed by atoms with van der Waals surface area (Å²) in [5.41, 5.74) is 1.50. The molecule has 1 amide bonds. The highest BCUT2D eigenvalue weighted by Crippen LogP contribution is 2.23. The van der Waals surface area contributed by atoms with Crippen LogP contribution in [0.25, 0.3) is 0 Å². The number of hydrogen-bond donors (Lipinski definition) is 1. The monoisotopic (exact) mass is 281 g/mol. The van der Waals surface area contributed by atoms with Crippen LogP contribution in [-0.4, -0.2) is 35.0 Å². The van der Waals surface area contributed by atoms with Crippen molar-refractivity contribution in [1.82, 2.24) is 4.90 Å². The molecular weight excluding hydrogens is 266 g/mol. The first kappa shape index (κ1) is 13.9. The van der Waals surface area contributed by atoms with Gasteiger partial charge in [0.15, 0.2) is 0 Å². The van der Waals surface area contributed by atoms with Crippen LogP contribution in [0.5, 0.6) is 0 Å². The zero-order valence-corrected chi connectivity index (χ0v) is 11.5. The molecule has 0 saturated carbocycles. The van der Waals surface area contributed by atoms with E-state index in [1.165, 1.54) is 0 Å². The van der Waals surface area contributed by atoms with Gasteiger partial charge in [-0.05, 0) is 37.0 Å². The number of aliphatic carboxylic acids is 1. The Morgan fingerprint density at radius 3 is 2.84 bits per heavy atom. The van der Waals surface area contributed by atoms with Crippen molar-refractivity contribution in [2.75, 3.05) is 13.1 Å². The van der Waals surface area contributed by atoms with E-state index in [2.05, 4.69) is 0 Å². The first-order valence-corrected chi connectivity index (χ1v) is 6.62. The molecule has 1 unspecified atom stereocenters. The fraction of sp³-hybridized carbons (Fsp3) is 0.429. The van der Waals surface area contributed by atoms with Crippen LogP contribution >= 0.6 is 11.6 Å². The van der Waals surface area contributed by atoms with Crippen molar-refractivity contribution in [3.8, 4) is 0 Å². The second-order valence-electron chi connectivity index (χ2n) is 4.97. The number of benzene rings is 1. The smallest absolute Gasteiger partial charge is 0.303 e. The third-order valence-corrected chi connectivity index (χ3v) is 3.86. The van der Waals surface area contributed by atoms with Crippen molar-refractivity contribution in [2.24, 2.45) is 5.92 Å². The molecule has 1 aromatic rings. The van der Waals surface area contributed by atoms with Crippen LogP contribution in [-0.2, 0) is 4.79 Å². The second-order valence-corrected chi connectivity index (χ2v) is 5.37. The SMILES string of the molecule is Cc1ccc(C(=O)N2CCC(CC(=O)O)C2)cc1Cl. The Labute approximate surface area is 117 Å². The number of carbonyl (C=O) groups is 2. The van der Waals surface area contributed by atoms with Crippen molar-refractivity contribution in [3.63, 3.8) is 0 Å². The van der Waals surface area contributed by atoms with Crippen LogP contribution in [0.3, 0.4) is 0 Å². The van der Waals surface area contributed by atoms with E-state index in [4.69, 9.17) is 16.7 Å². The maximum absolute atomic E-state index is 12.3. The van der Waals surface area contributed by atoms with E-state index in [-0.39, 0.29) is 18.2 Å². The molecule has 1 aliphatic rings. The van der Waals surface area contributed by atoms with Gasteiger partial charge in [0, 0.05) is 30.1 Å². The molecule has 0 spiro atoms. The largest absolute Gasteiger partial charge is 0.481 e. The van der Waals surface area contributed by atoms with Gasteiger partial charge in [0.25, 0.3) is 5.91 Å². The zero-order chi connectivity index (χ0) is 14.0. The fourth-order valence-electron chi connectivity index (χ4n) is 2.34. The Morgan fingerprint density at radius 1 is 1.47 bits per heavy atom. The summed E-state index contributed by atoms with van der Waals surface area (Å²) < 4.78 is 0. The number of carbonyl (C=O) groups excluding carboxylic acids is 1. The normalized spacial score (nSPS) is 18.6. The second kappa shape index (κ2) is 5.61. The van der Waals surface area contributed by atoms with Gasteiger partial charge in [0.1, 0.15) is 0 Å². The number of carboxylic acids is 1. The van der Waals surface area contributed by atoms with Gasteiger partial charge in [0.2, 0.25) is 0 Å². The summed E-state index contributed by atoms with van der Waals surface area (Å²) in [6.07, 6.45) is 0.871.